The van der Waals surface area contributed by atoms with E-state index >= 15 is 0 Å². The first kappa shape index (κ1) is 19.3. The van der Waals surface area contributed by atoms with E-state index in [-0.39, 0.29) is 24.0 Å². The van der Waals surface area contributed by atoms with Gasteiger partial charge in [-0.3, -0.25) is 0 Å². The molecule has 0 saturated heterocycles. The van der Waals surface area contributed by atoms with Crippen molar-refractivity contribution in [2.45, 2.75) is 13.1 Å². The molecule has 1 nitrogen and oxygen atoms in total. The average Bonchev–Trinajstić information content (AvgIpc) is 2.41. The number of rotatable bonds is 5. The van der Waals surface area contributed by atoms with Crippen LogP contribution in [0.2, 0.25) is 0 Å². The van der Waals surface area contributed by atoms with Crippen LogP contribution in [0.25, 0.3) is 0 Å². The summed E-state index contributed by atoms with van der Waals surface area (Å²) in [5, 5.41) is 0. The topological polar surface area (TPSA) is 4.44 Å². The summed E-state index contributed by atoms with van der Waals surface area (Å²) in [7, 11) is 14.2. The van der Waals surface area contributed by atoms with Crippen LogP contribution in [0.15, 0.2) is 54.6 Å². The third kappa shape index (κ3) is 6.88. The molecule has 0 amide bonds. The predicted molar refractivity (Wildman–Crippen MR) is 84.1 cm³/mol. The van der Waals surface area contributed by atoms with Crippen LogP contribution in [0.1, 0.15) is 16.7 Å². The first-order chi connectivity index (χ1) is 9.65. The summed E-state index contributed by atoms with van der Waals surface area (Å²) in [6.45, 7) is 1.98. The van der Waals surface area contributed by atoms with Crippen molar-refractivity contribution in [2.75, 3.05) is 7.05 Å². The minimum Gasteiger partial charge on any atom is -1.00 e. The second-order valence-electron chi connectivity index (χ2n) is 4.80. The molecule has 0 saturated carbocycles. The van der Waals surface area contributed by atoms with Crippen LogP contribution in [0, 0.1) is 0 Å². The summed E-state index contributed by atoms with van der Waals surface area (Å²) in [5.74, 6) is 0. The van der Waals surface area contributed by atoms with Crippen LogP contribution in [0.3, 0.4) is 0 Å². The van der Waals surface area contributed by atoms with Gasteiger partial charge in [0.2, 0.25) is 0 Å². The second kappa shape index (κ2) is 10.1. The molecule has 5 heteroatoms. The third-order valence-electron chi connectivity index (χ3n) is 3.08. The van der Waals surface area contributed by atoms with Crippen LogP contribution in [-0.2, 0) is 26.6 Å². The van der Waals surface area contributed by atoms with Gasteiger partial charge in [0.25, 0.3) is 0 Å². The van der Waals surface area contributed by atoms with Gasteiger partial charge in [-0.2, -0.15) is 0 Å². The fourth-order valence-electron chi connectivity index (χ4n) is 2.21. The average molecular weight is 523 g/mol. The zero-order chi connectivity index (χ0) is 14.4. The monoisotopic (exact) mass is 523 g/mol. The van der Waals surface area contributed by atoms with Gasteiger partial charge < -0.3 is 24.0 Å². The zero-order valence-electron chi connectivity index (χ0n) is 11.7. The van der Waals surface area contributed by atoms with Crippen molar-refractivity contribution in [3.05, 3.63) is 71.3 Å². The Morgan fingerprint density at radius 3 is 2.24 bits per heavy atom. The van der Waals surface area contributed by atoms with Crippen LogP contribution in [0.5, 0.6) is 0 Å². The van der Waals surface area contributed by atoms with E-state index in [0.717, 1.165) is 13.1 Å². The quantitative estimate of drug-likeness (QED) is 0.416. The molecule has 0 spiro atoms. The summed E-state index contributed by atoms with van der Waals surface area (Å²) in [5.41, 5.74) is 3.85. The van der Waals surface area contributed by atoms with Gasteiger partial charge >= 0.3 is 134 Å². The van der Waals surface area contributed by atoms with E-state index in [9.17, 15) is 0 Å². The number of halogens is 3. The molecule has 1 N–H and O–H groups in total. The summed E-state index contributed by atoms with van der Waals surface area (Å²) >= 11 is -1.77. The normalized spacial score (nSPS) is 12.2. The maximum absolute atomic E-state index is 6.00. The van der Waals surface area contributed by atoms with Crippen LogP contribution in [0.4, 0.5) is 0 Å². The zero-order valence-corrected chi connectivity index (χ0v) is 17.1. The molecule has 0 fully saturated rings. The third-order valence-corrected chi connectivity index (χ3v) is 4.92. The van der Waals surface area contributed by atoms with Crippen LogP contribution < -0.4 is 28.9 Å². The summed E-state index contributed by atoms with van der Waals surface area (Å²) in [6, 6.07) is 18.9. The molecular weight excluding hydrogens is 505 g/mol. The Balaban J connectivity index is 0.00000220. The van der Waals surface area contributed by atoms with Gasteiger partial charge in [0.1, 0.15) is 0 Å². The van der Waals surface area contributed by atoms with Crippen molar-refractivity contribution in [2.24, 2.45) is 0 Å². The SMILES string of the molecule is C[NH+](Cc1ccccc1)Cc1ccccc1[CH]=[Ru]([Cl])[Cl].[I-]. The summed E-state index contributed by atoms with van der Waals surface area (Å²) in [4.78, 5) is 1.44. The minimum atomic E-state index is -1.77. The van der Waals surface area contributed by atoms with Crippen molar-refractivity contribution in [1.82, 2.24) is 0 Å². The molecule has 2 aromatic rings. The smallest absolute Gasteiger partial charge is 1.00 e. The molecule has 1 atom stereocenters. The maximum Gasteiger partial charge on any atom is -1.00 e. The first-order valence-electron chi connectivity index (χ1n) is 6.41. The molecule has 0 heterocycles. The summed E-state index contributed by atoms with van der Waals surface area (Å²) in [6.07, 6.45) is 0. The number of benzene rings is 2. The van der Waals surface area contributed by atoms with E-state index in [0.29, 0.717) is 0 Å². The van der Waals surface area contributed by atoms with Crippen LogP contribution in [-0.4, -0.2) is 11.7 Å². The molecule has 116 valence electrons. The maximum atomic E-state index is 6.00. The molecule has 1 unspecified atom stereocenters. The van der Waals surface area contributed by atoms with Crippen LogP contribution >= 0.6 is 19.4 Å². The second-order valence-corrected chi connectivity index (χ2v) is 10.5. The Bertz CT molecular complexity index is 586. The van der Waals surface area contributed by atoms with Gasteiger partial charge in [-0.05, 0) is 0 Å². The Morgan fingerprint density at radius 1 is 0.952 bits per heavy atom. The number of hydrogen-bond donors (Lipinski definition) is 1. The molecule has 0 aromatic heterocycles. The van der Waals surface area contributed by atoms with Gasteiger partial charge in [-0.15, -0.1) is 0 Å². The van der Waals surface area contributed by atoms with Crippen molar-refractivity contribution in [3.8, 4) is 0 Å². The van der Waals surface area contributed by atoms with Gasteiger partial charge in [0.05, 0.1) is 0 Å². The minimum absolute atomic E-state index is 0. The molecule has 0 aliphatic carbocycles. The molecule has 21 heavy (non-hydrogen) atoms. The number of hydrogen-bond acceptors (Lipinski definition) is 0. The van der Waals surface area contributed by atoms with Crippen molar-refractivity contribution in [1.29, 1.82) is 0 Å². The van der Waals surface area contributed by atoms with E-state index in [1.54, 1.807) is 0 Å². The van der Waals surface area contributed by atoms with Crippen molar-refractivity contribution >= 4 is 24.0 Å². The van der Waals surface area contributed by atoms with Gasteiger partial charge in [-0.25, -0.2) is 0 Å². The summed E-state index contributed by atoms with van der Waals surface area (Å²) < 4.78 is 2.03. The fraction of sp³-hybridized carbons (Fsp3) is 0.188. The Morgan fingerprint density at radius 2 is 1.57 bits per heavy atom. The molecule has 0 bridgehead atoms. The molecule has 0 aliphatic rings. The number of quaternary nitrogens is 1. The van der Waals surface area contributed by atoms with E-state index in [4.69, 9.17) is 19.4 Å². The van der Waals surface area contributed by atoms with E-state index in [1.165, 1.54) is 21.6 Å². The molecule has 0 aliphatic heterocycles. The van der Waals surface area contributed by atoms with Crippen molar-refractivity contribution in [3.63, 3.8) is 0 Å². The Labute approximate surface area is 156 Å². The largest absolute Gasteiger partial charge is 1.00 e. The van der Waals surface area contributed by atoms with Crippen molar-refractivity contribution < 1.29 is 42.4 Å². The van der Waals surface area contributed by atoms with Gasteiger partial charge in [0, 0.05) is 0 Å². The molecular formula is C16H18Cl2INRu. The van der Waals surface area contributed by atoms with E-state index in [1.807, 2.05) is 10.7 Å². The molecule has 2 aromatic carbocycles. The van der Waals surface area contributed by atoms with E-state index in [2.05, 4.69) is 55.6 Å². The molecule has 0 radical (unpaired) electrons. The number of nitrogens with one attached hydrogen (secondary N) is 1. The standard InChI is InChI=1S/C16H17N.2ClH.HI.Ru/c1-14-8-6-7-11-16(14)13-17(2)12-15-9-4-3-5-10-15;;;;/h1,3-11H,12-13H2,2H3;3*1H;/q;;;;+2/p-2. The first-order valence-corrected chi connectivity index (χ1v) is 11.9. The predicted octanol–water partition coefficient (Wildman–Crippen LogP) is -0.0184. The Hall–Kier alpha value is 0.203. The van der Waals surface area contributed by atoms with E-state index < -0.39 is 13.5 Å². The Kier molecular flexibility index (Phi) is 9.23. The van der Waals surface area contributed by atoms with Gasteiger partial charge in [0.15, 0.2) is 0 Å². The molecule has 2 rings (SSSR count). The van der Waals surface area contributed by atoms with Gasteiger partial charge in [-0.1, -0.05) is 0 Å². The fourth-order valence-corrected chi connectivity index (χ4v) is 4.09.